The van der Waals surface area contributed by atoms with Gasteiger partial charge in [0.25, 0.3) is 5.91 Å². The molecule has 0 fully saturated rings. The summed E-state index contributed by atoms with van der Waals surface area (Å²) in [6.45, 7) is 9.15. The quantitative estimate of drug-likeness (QED) is 0.683. The lowest BCUT2D eigenvalue weighted by Gasteiger charge is -2.37. The van der Waals surface area contributed by atoms with Crippen molar-refractivity contribution in [3.63, 3.8) is 0 Å². The first-order chi connectivity index (χ1) is 7.46. The summed E-state index contributed by atoms with van der Waals surface area (Å²) in [5.41, 5.74) is 0.798. The average Bonchev–Trinajstić information content (AvgIpc) is 2.51. The maximum absolute atomic E-state index is 12.3. The lowest BCUT2D eigenvalue weighted by molar-refractivity contribution is -0.132. The molecule has 16 heavy (non-hydrogen) atoms. The number of rotatable bonds is 1. The molecule has 0 aromatic heterocycles. The van der Waals surface area contributed by atoms with Crippen LogP contribution in [0.3, 0.4) is 0 Å². The molecule has 0 radical (unpaired) electrons. The summed E-state index contributed by atoms with van der Waals surface area (Å²) in [6, 6.07) is 0.155. The molecule has 0 N–H and O–H groups in total. The first-order valence-electron chi connectivity index (χ1n) is 6.16. The van der Waals surface area contributed by atoms with Crippen LogP contribution in [-0.2, 0) is 9.53 Å². The van der Waals surface area contributed by atoms with E-state index in [0.717, 1.165) is 37.2 Å². The Morgan fingerprint density at radius 3 is 2.69 bits per heavy atom. The van der Waals surface area contributed by atoms with Gasteiger partial charge in [0, 0.05) is 5.54 Å². The van der Waals surface area contributed by atoms with Crippen molar-refractivity contribution >= 4 is 5.91 Å². The van der Waals surface area contributed by atoms with Crippen molar-refractivity contribution in [2.75, 3.05) is 6.61 Å². The Kier molecular flexibility index (Phi) is 2.72. The third-order valence-corrected chi connectivity index (χ3v) is 3.33. The summed E-state index contributed by atoms with van der Waals surface area (Å²) >= 11 is 0. The van der Waals surface area contributed by atoms with Crippen molar-refractivity contribution < 1.29 is 9.53 Å². The molecule has 0 aliphatic carbocycles. The van der Waals surface area contributed by atoms with Crippen molar-refractivity contribution in [3.05, 3.63) is 11.3 Å². The Morgan fingerprint density at radius 2 is 2.12 bits per heavy atom. The first kappa shape index (κ1) is 11.5. The Morgan fingerprint density at radius 1 is 1.44 bits per heavy atom. The van der Waals surface area contributed by atoms with Gasteiger partial charge in [-0.2, -0.15) is 0 Å². The fourth-order valence-corrected chi connectivity index (χ4v) is 2.70. The van der Waals surface area contributed by atoms with Gasteiger partial charge in [-0.3, -0.25) is 4.79 Å². The Bertz CT molecular complexity index is 338. The van der Waals surface area contributed by atoms with Gasteiger partial charge in [0.1, 0.15) is 5.76 Å². The minimum Gasteiger partial charge on any atom is -0.495 e. The van der Waals surface area contributed by atoms with Gasteiger partial charge in [-0.1, -0.05) is 6.92 Å². The summed E-state index contributed by atoms with van der Waals surface area (Å²) in [6.07, 6.45) is 2.79. The molecule has 2 aliphatic rings. The summed E-state index contributed by atoms with van der Waals surface area (Å²) in [5.74, 6) is 1.14. The number of carbonyl (C=O) groups excluding carboxylic acids is 1. The number of nitrogens with zero attached hydrogens (tertiary/aromatic N) is 1. The number of ether oxygens (including phenoxy) is 1. The molecule has 2 rings (SSSR count). The van der Waals surface area contributed by atoms with Crippen LogP contribution in [0.25, 0.3) is 0 Å². The molecule has 0 aromatic rings. The number of carbonyl (C=O) groups is 1. The average molecular weight is 223 g/mol. The molecule has 0 spiro atoms. The topological polar surface area (TPSA) is 29.5 Å². The van der Waals surface area contributed by atoms with Gasteiger partial charge in [-0.05, 0) is 40.0 Å². The third-order valence-electron chi connectivity index (χ3n) is 3.33. The highest BCUT2D eigenvalue weighted by Crippen LogP contribution is 2.38. The van der Waals surface area contributed by atoms with Crippen LogP contribution in [0.1, 0.15) is 47.0 Å². The summed E-state index contributed by atoms with van der Waals surface area (Å²) in [7, 11) is 0. The highest BCUT2D eigenvalue weighted by molar-refractivity contribution is 5.97. The second kappa shape index (κ2) is 3.79. The van der Waals surface area contributed by atoms with Crippen LogP contribution in [-0.4, -0.2) is 29.0 Å². The summed E-state index contributed by atoms with van der Waals surface area (Å²) < 4.78 is 5.72. The van der Waals surface area contributed by atoms with E-state index in [1.165, 1.54) is 0 Å². The van der Waals surface area contributed by atoms with E-state index in [0.29, 0.717) is 0 Å². The standard InChI is InChI=1S/C13H21NO2/c1-5-10-11-9(7-6-8-16-11)12(15)14(10)13(2,3)4/h10H,5-8H2,1-4H3. The van der Waals surface area contributed by atoms with Gasteiger partial charge in [0.2, 0.25) is 0 Å². The maximum atomic E-state index is 12.3. The molecule has 3 heteroatoms. The van der Waals surface area contributed by atoms with Crippen molar-refractivity contribution in [1.29, 1.82) is 0 Å². The summed E-state index contributed by atoms with van der Waals surface area (Å²) in [5, 5.41) is 0. The molecule has 0 saturated heterocycles. The normalized spacial score (nSPS) is 25.9. The zero-order chi connectivity index (χ0) is 11.9. The molecule has 0 bridgehead atoms. The molecule has 0 aromatic carbocycles. The molecule has 1 atom stereocenters. The van der Waals surface area contributed by atoms with Gasteiger partial charge in [0.05, 0.1) is 18.2 Å². The number of hydrogen-bond acceptors (Lipinski definition) is 2. The van der Waals surface area contributed by atoms with Crippen LogP contribution in [0.2, 0.25) is 0 Å². The molecule has 3 nitrogen and oxygen atoms in total. The second-order valence-corrected chi connectivity index (χ2v) is 5.56. The van der Waals surface area contributed by atoms with Gasteiger partial charge >= 0.3 is 0 Å². The highest BCUT2D eigenvalue weighted by atomic mass is 16.5. The molecular formula is C13H21NO2. The van der Waals surface area contributed by atoms with Crippen LogP contribution in [0.4, 0.5) is 0 Å². The van der Waals surface area contributed by atoms with E-state index in [9.17, 15) is 4.79 Å². The van der Waals surface area contributed by atoms with E-state index in [2.05, 4.69) is 27.7 Å². The second-order valence-electron chi connectivity index (χ2n) is 5.56. The van der Waals surface area contributed by atoms with E-state index in [4.69, 9.17) is 4.74 Å². The van der Waals surface area contributed by atoms with Crippen molar-refractivity contribution in [3.8, 4) is 0 Å². The van der Waals surface area contributed by atoms with Crippen molar-refractivity contribution in [2.45, 2.75) is 58.5 Å². The van der Waals surface area contributed by atoms with E-state index in [-0.39, 0.29) is 17.5 Å². The predicted octanol–water partition coefficient (Wildman–Crippen LogP) is 2.47. The van der Waals surface area contributed by atoms with Crippen LogP contribution < -0.4 is 0 Å². The van der Waals surface area contributed by atoms with Gasteiger partial charge in [-0.25, -0.2) is 0 Å². The predicted molar refractivity (Wildman–Crippen MR) is 62.9 cm³/mol. The molecule has 0 saturated carbocycles. The summed E-state index contributed by atoms with van der Waals surface area (Å²) in [4.78, 5) is 14.3. The largest absolute Gasteiger partial charge is 0.495 e. The minimum atomic E-state index is -0.127. The fraction of sp³-hybridized carbons (Fsp3) is 0.769. The first-order valence-corrected chi connectivity index (χ1v) is 6.16. The molecule has 2 aliphatic heterocycles. The third kappa shape index (κ3) is 1.62. The molecular weight excluding hydrogens is 202 g/mol. The highest BCUT2D eigenvalue weighted by Gasteiger charge is 2.45. The Hall–Kier alpha value is -0.990. The molecule has 90 valence electrons. The zero-order valence-electron chi connectivity index (χ0n) is 10.7. The Balaban J connectivity index is 2.36. The molecule has 2 heterocycles. The van der Waals surface area contributed by atoms with Crippen LogP contribution in [0.15, 0.2) is 11.3 Å². The fourth-order valence-electron chi connectivity index (χ4n) is 2.70. The Labute approximate surface area is 97.5 Å². The smallest absolute Gasteiger partial charge is 0.254 e. The maximum Gasteiger partial charge on any atom is 0.254 e. The van der Waals surface area contributed by atoms with Crippen molar-refractivity contribution in [2.24, 2.45) is 0 Å². The van der Waals surface area contributed by atoms with Gasteiger partial charge < -0.3 is 9.64 Å². The van der Waals surface area contributed by atoms with Gasteiger partial charge in [-0.15, -0.1) is 0 Å². The van der Waals surface area contributed by atoms with E-state index in [1.807, 2.05) is 4.90 Å². The molecule has 1 unspecified atom stereocenters. The lowest BCUT2D eigenvalue weighted by atomic mass is 10.0. The van der Waals surface area contributed by atoms with E-state index in [1.54, 1.807) is 0 Å². The monoisotopic (exact) mass is 223 g/mol. The number of hydrogen-bond donors (Lipinski definition) is 0. The SMILES string of the molecule is CCC1C2=C(CCCO2)C(=O)N1C(C)(C)C. The van der Waals surface area contributed by atoms with Crippen molar-refractivity contribution in [1.82, 2.24) is 4.90 Å². The van der Waals surface area contributed by atoms with Crippen LogP contribution in [0, 0.1) is 0 Å². The molecule has 1 amide bonds. The van der Waals surface area contributed by atoms with Crippen LogP contribution in [0.5, 0.6) is 0 Å². The lowest BCUT2D eigenvalue weighted by Crippen LogP contribution is -2.48. The minimum absolute atomic E-state index is 0.127. The van der Waals surface area contributed by atoms with Gasteiger partial charge in [0.15, 0.2) is 0 Å². The zero-order valence-corrected chi connectivity index (χ0v) is 10.7. The van der Waals surface area contributed by atoms with Crippen LogP contribution >= 0.6 is 0 Å². The number of amides is 1. The van der Waals surface area contributed by atoms with E-state index < -0.39 is 0 Å². The van der Waals surface area contributed by atoms with E-state index >= 15 is 0 Å².